The van der Waals surface area contributed by atoms with Crippen molar-refractivity contribution < 1.29 is 4.09 Å². The number of nitrogens with zero attached hydrogens (tertiary/aromatic N) is 1. The molecular weight excluding hydrogens is 184 g/mol. The molecule has 0 bridgehead atoms. The van der Waals surface area contributed by atoms with Crippen molar-refractivity contribution in [1.82, 2.24) is 0 Å². The third-order valence-corrected chi connectivity index (χ3v) is 1.46. The minimum atomic E-state index is 0. The second kappa shape index (κ2) is 5.07. The Hall–Kier alpha value is 1.37. The van der Waals surface area contributed by atoms with Crippen LogP contribution in [0.1, 0.15) is 0 Å². The quantitative estimate of drug-likeness (QED) is 0.423. The van der Waals surface area contributed by atoms with E-state index in [0.717, 1.165) is 0 Å². The molecule has 0 saturated carbocycles. The Morgan fingerprint density at radius 1 is 1.33 bits per heavy atom. The SMILES string of the molecule is Clc1cccc[n+]1Cl.[KH]. The van der Waals surface area contributed by atoms with Crippen molar-refractivity contribution in [3.05, 3.63) is 29.5 Å². The van der Waals surface area contributed by atoms with Crippen LogP contribution in [0, 0.1) is 0 Å². The third-order valence-electron chi connectivity index (χ3n) is 0.766. The van der Waals surface area contributed by atoms with Crippen LogP contribution < -0.4 is 4.09 Å². The van der Waals surface area contributed by atoms with E-state index in [1.165, 1.54) is 4.09 Å². The van der Waals surface area contributed by atoms with E-state index in [-0.39, 0.29) is 51.4 Å². The molecule has 0 aliphatic rings. The van der Waals surface area contributed by atoms with Gasteiger partial charge in [0.1, 0.15) is 0 Å². The molecule has 1 aromatic heterocycles. The first kappa shape index (κ1) is 10.4. The summed E-state index contributed by atoms with van der Waals surface area (Å²) in [5, 5.41) is 0.522. The molecular formula is C5H5Cl2KN+. The second-order valence-electron chi connectivity index (χ2n) is 1.33. The van der Waals surface area contributed by atoms with Gasteiger partial charge in [0.2, 0.25) is 0 Å². The number of rotatable bonds is 0. The van der Waals surface area contributed by atoms with Crippen LogP contribution in [0.25, 0.3) is 0 Å². The zero-order valence-corrected chi connectivity index (χ0v) is 5.52. The van der Waals surface area contributed by atoms with E-state index in [1.807, 2.05) is 6.07 Å². The molecule has 0 radical (unpaired) electrons. The zero-order valence-electron chi connectivity index (χ0n) is 4.01. The molecule has 0 saturated heterocycles. The third kappa shape index (κ3) is 3.32. The number of hydrogen-bond donors (Lipinski definition) is 0. The molecule has 0 aliphatic carbocycles. The molecule has 4 heteroatoms. The van der Waals surface area contributed by atoms with Crippen LogP contribution in [-0.2, 0) is 0 Å². The van der Waals surface area contributed by atoms with Gasteiger partial charge in [0.05, 0.1) is 0 Å². The topological polar surface area (TPSA) is 3.88 Å². The van der Waals surface area contributed by atoms with Crippen molar-refractivity contribution in [2.45, 2.75) is 0 Å². The van der Waals surface area contributed by atoms with Crippen molar-refractivity contribution in [2.75, 3.05) is 0 Å². The van der Waals surface area contributed by atoms with Crippen LogP contribution in [-0.4, -0.2) is 51.4 Å². The van der Waals surface area contributed by atoms with E-state index in [0.29, 0.717) is 5.15 Å². The monoisotopic (exact) mass is 188 g/mol. The van der Waals surface area contributed by atoms with Crippen molar-refractivity contribution >= 4 is 74.8 Å². The first-order valence-electron chi connectivity index (χ1n) is 2.13. The van der Waals surface area contributed by atoms with Gasteiger partial charge in [-0.25, -0.2) is 0 Å². The summed E-state index contributed by atoms with van der Waals surface area (Å²) in [4.78, 5) is 0. The molecule has 1 rings (SSSR count). The summed E-state index contributed by atoms with van der Waals surface area (Å²) < 4.78 is 1.32. The summed E-state index contributed by atoms with van der Waals surface area (Å²) >= 11 is 11.0. The summed E-state index contributed by atoms with van der Waals surface area (Å²) in [6, 6.07) is 5.34. The summed E-state index contributed by atoms with van der Waals surface area (Å²) in [7, 11) is 0. The van der Waals surface area contributed by atoms with E-state index in [2.05, 4.69) is 0 Å². The fourth-order valence-electron chi connectivity index (χ4n) is 0.403. The molecule has 0 unspecified atom stereocenters. The molecule has 1 nitrogen and oxygen atoms in total. The average Bonchev–Trinajstić information content (AvgIpc) is 1.77. The van der Waals surface area contributed by atoms with Crippen molar-refractivity contribution in [1.29, 1.82) is 0 Å². The molecule has 1 aromatic rings. The Balaban J connectivity index is 0.000000640. The van der Waals surface area contributed by atoms with Gasteiger partial charge < -0.3 is 0 Å². The average molecular weight is 189 g/mol. The molecule has 0 aromatic carbocycles. The summed E-state index contributed by atoms with van der Waals surface area (Å²) in [6.45, 7) is 0. The Kier molecular flexibility index (Phi) is 5.85. The van der Waals surface area contributed by atoms with Gasteiger partial charge in [-0.15, -0.1) is 0 Å². The molecule has 0 aliphatic heterocycles. The fraction of sp³-hybridized carbons (Fsp3) is 0. The number of hydrogen-bond acceptors (Lipinski definition) is 0. The first-order chi connectivity index (χ1) is 3.80. The minimum absolute atomic E-state index is 0. The fourth-order valence-corrected chi connectivity index (χ4v) is 0.653. The van der Waals surface area contributed by atoms with Gasteiger partial charge in [-0.3, -0.25) is 0 Å². The molecule has 9 heavy (non-hydrogen) atoms. The van der Waals surface area contributed by atoms with Gasteiger partial charge in [-0.2, -0.15) is 0 Å². The van der Waals surface area contributed by atoms with E-state index >= 15 is 0 Å². The normalized spacial score (nSPS) is 8.22. The van der Waals surface area contributed by atoms with Gasteiger partial charge in [0.25, 0.3) is 16.9 Å². The molecule has 44 valence electrons. The van der Waals surface area contributed by atoms with Crippen molar-refractivity contribution in [3.8, 4) is 0 Å². The summed E-state index contributed by atoms with van der Waals surface area (Å²) in [5.74, 6) is 0. The number of aromatic nitrogens is 1. The van der Waals surface area contributed by atoms with Gasteiger partial charge in [-0.05, 0) is 17.7 Å². The molecule has 0 fully saturated rings. The van der Waals surface area contributed by atoms with Crippen LogP contribution >= 0.6 is 23.4 Å². The van der Waals surface area contributed by atoms with Crippen molar-refractivity contribution in [2.24, 2.45) is 0 Å². The van der Waals surface area contributed by atoms with E-state index < -0.39 is 0 Å². The maximum atomic E-state index is 5.54. The molecule has 0 spiro atoms. The first-order valence-corrected chi connectivity index (χ1v) is 2.84. The van der Waals surface area contributed by atoms with E-state index in [9.17, 15) is 0 Å². The Bertz CT molecular complexity index is 171. The number of pyridine rings is 1. The second-order valence-corrected chi connectivity index (χ2v) is 2.09. The van der Waals surface area contributed by atoms with Crippen LogP contribution in [0.2, 0.25) is 5.15 Å². The maximum absolute atomic E-state index is 5.54. The van der Waals surface area contributed by atoms with Crippen LogP contribution in [0.5, 0.6) is 0 Å². The predicted octanol–water partition coefficient (Wildman–Crippen LogP) is 0.981. The molecule has 1 heterocycles. The summed E-state index contributed by atoms with van der Waals surface area (Å²) in [5.41, 5.74) is 0. The van der Waals surface area contributed by atoms with Gasteiger partial charge in [0, 0.05) is 12.1 Å². The van der Waals surface area contributed by atoms with E-state index in [4.69, 9.17) is 23.4 Å². The summed E-state index contributed by atoms with van der Waals surface area (Å²) in [6.07, 6.45) is 1.67. The van der Waals surface area contributed by atoms with Gasteiger partial charge >= 0.3 is 51.4 Å². The Morgan fingerprint density at radius 3 is 2.33 bits per heavy atom. The van der Waals surface area contributed by atoms with Crippen LogP contribution in [0.3, 0.4) is 0 Å². The van der Waals surface area contributed by atoms with Crippen molar-refractivity contribution in [3.63, 3.8) is 0 Å². The Labute approximate surface area is 107 Å². The standard InChI is InChI=1S/C5H4Cl2N.K.H/c6-5-3-1-2-4-8(5)7;;/h1-4H;;/q+1;;. The van der Waals surface area contributed by atoms with E-state index in [1.54, 1.807) is 18.3 Å². The van der Waals surface area contributed by atoms with Crippen LogP contribution in [0.4, 0.5) is 0 Å². The van der Waals surface area contributed by atoms with Gasteiger partial charge in [0.15, 0.2) is 6.20 Å². The number of halogens is 2. The van der Waals surface area contributed by atoms with Crippen LogP contribution in [0.15, 0.2) is 24.4 Å². The predicted molar refractivity (Wildman–Crippen MR) is 40.0 cm³/mol. The molecule has 0 atom stereocenters. The van der Waals surface area contributed by atoms with Gasteiger partial charge in [-0.1, -0.05) is 4.09 Å². The molecule has 0 N–H and O–H groups in total. The zero-order chi connectivity index (χ0) is 5.98. The molecule has 0 amide bonds. The Morgan fingerprint density at radius 2 is 2.00 bits per heavy atom.